The van der Waals surface area contributed by atoms with Gasteiger partial charge in [-0.15, -0.1) is 0 Å². The van der Waals surface area contributed by atoms with E-state index in [1.54, 1.807) is 49.4 Å². The van der Waals surface area contributed by atoms with Crippen LogP contribution < -0.4 is 10.6 Å². The summed E-state index contributed by atoms with van der Waals surface area (Å²) >= 11 is 17.9. The van der Waals surface area contributed by atoms with Gasteiger partial charge in [-0.05, 0) is 36.8 Å². The second kappa shape index (κ2) is 7.38. The molecule has 27 heavy (non-hydrogen) atoms. The predicted molar refractivity (Wildman–Crippen MR) is 104 cm³/mol. The molecule has 1 unspecified atom stereocenters. The summed E-state index contributed by atoms with van der Waals surface area (Å²) in [5.74, 6) is -1.15. The molecule has 1 heterocycles. The highest BCUT2D eigenvalue weighted by molar-refractivity contribution is 6.39. The van der Waals surface area contributed by atoms with E-state index in [2.05, 4.69) is 10.6 Å². The molecule has 2 aromatic carbocycles. The molecule has 0 aliphatic carbocycles. The van der Waals surface area contributed by atoms with Crippen molar-refractivity contribution in [2.24, 2.45) is 0 Å². The molecule has 0 aromatic heterocycles. The van der Waals surface area contributed by atoms with Crippen molar-refractivity contribution in [3.8, 4) is 0 Å². The molecule has 0 bridgehead atoms. The van der Waals surface area contributed by atoms with E-state index < -0.39 is 29.9 Å². The smallest absolute Gasteiger partial charge is 0.322 e. The van der Waals surface area contributed by atoms with Gasteiger partial charge in [0.15, 0.2) is 0 Å². The van der Waals surface area contributed by atoms with Crippen molar-refractivity contribution in [2.45, 2.75) is 12.5 Å². The molecular formula is C18H14Cl3N3O3. The molecule has 1 atom stereocenters. The third-order valence-corrected chi connectivity index (χ3v) is 5.11. The zero-order valence-electron chi connectivity index (χ0n) is 14.1. The van der Waals surface area contributed by atoms with Crippen molar-refractivity contribution in [3.63, 3.8) is 0 Å². The molecule has 2 aromatic rings. The molecule has 9 heteroatoms. The van der Waals surface area contributed by atoms with Gasteiger partial charge in [-0.1, -0.05) is 53.0 Å². The van der Waals surface area contributed by atoms with Gasteiger partial charge in [0.1, 0.15) is 12.1 Å². The van der Waals surface area contributed by atoms with Crippen molar-refractivity contribution in [1.29, 1.82) is 0 Å². The zero-order chi connectivity index (χ0) is 19.8. The van der Waals surface area contributed by atoms with Gasteiger partial charge < -0.3 is 10.6 Å². The van der Waals surface area contributed by atoms with Crippen LogP contribution in [0, 0.1) is 0 Å². The van der Waals surface area contributed by atoms with Gasteiger partial charge in [0.05, 0.1) is 15.7 Å². The number of amides is 4. The topological polar surface area (TPSA) is 78.5 Å². The Bertz CT molecular complexity index is 913. The summed E-state index contributed by atoms with van der Waals surface area (Å²) in [5.41, 5.74) is -0.509. The second-order valence-electron chi connectivity index (χ2n) is 6.10. The number of anilines is 1. The van der Waals surface area contributed by atoms with Crippen molar-refractivity contribution >= 4 is 58.3 Å². The van der Waals surface area contributed by atoms with Crippen molar-refractivity contribution < 1.29 is 14.4 Å². The highest BCUT2D eigenvalue weighted by Gasteiger charge is 2.49. The first-order chi connectivity index (χ1) is 12.7. The van der Waals surface area contributed by atoms with Crippen LogP contribution in [0.3, 0.4) is 0 Å². The van der Waals surface area contributed by atoms with Gasteiger partial charge in [0, 0.05) is 5.02 Å². The average Bonchev–Trinajstić information content (AvgIpc) is 2.83. The van der Waals surface area contributed by atoms with Gasteiger partial charge in [-0.25, -0.2) is 4.79 Å². The van der Waals surface area contributed by atoms with E-state index in [1.165, 1.54) is 0 Å². The minimum atomic E-state index is -1.29. The number of para-hydroxylation sites is 1. The first-order valence-corrected chi connectivity index (χ1v) is 9.00. The van der Waals surface area contributed by atoms with Crippen LogP contribution in [0.5, 0.6) is 0 Å². The van der Waals surface area contributed by atoms with E-state index in [0.717, 1.165) is 4.90 Å². The van der Waals surface area contributed by atoms with Crippen LogP contribution in [-0.2, 0) is 15.1 Å². The van der Waals surface area contributed by atoms with E-state index in [0.29, 0.717) is 10.6 Å². The first-order valence-electron chi connectivity index (χ1n) is 7.86. The largest absolute Gasteiger partial charge is 0.325 e. The Kier molecular flexibility index (Phi) is 5.33. The summed E-state index contributed by atoms with van der Waals surface area (Å²) < 4.78 is 0. The number of benzene rings is 2. The van der Waals surface area contributed by atoms with Crippen LogP contribution in [0.25, 0.3) is 0 Å². The van der Waals surface area contributed by atoms with Gasteiger partial charge >= 0.3 is 6.03 Å². The lowest BCUT2D eigenvalue weighted by Gasteiger charge is -2.22. The monoisotopic (exact) mass is 425 g/mol. The Balaban J connectivity index is 1.77. The molecule has 2 N–H and O–H groups in total. The fourth-order valence-corrected chi connectivity index (χ4v) is 3.38. The van der Waals surface area contributed by atoms with Crippen LogP contribution in [0.2, 0.25) is 15.1 Å². The third-order valence-electron chi connectivity index (χ3n) is 4.23. The van der Waals surface area contributed by atoms with E-state index in [-0.39, 0.29) is 15.7 Å². The van der Waals surface area contributed by atoms with Crippen LogP contribution in [0.4, 0.5) is 10.5 Å². The fourth-order valence-electron chi connectivity index (χ4n) is 2.76. The lowest BCUT2D eigenvalue weighted by atomic mass is 9.92. The summed E-state index contributed by atoms with van der Waals surface area (Å²) in [4.78, 5) is 38.3. The Labute approximate surface area is 170 Å². The molecule has 3 rings (SSSR count). The predicted octanol–water partition coefficient (Wildman–Crippen LogP) is 4.05. The maximum atomic E-state index is 12.8. The van der Waals surface area contributed by atoms with Crippen LogP contribution in [0.15, 0.2) is 42.5 Å². The Hall–Kier alpha value is -2.28. The van der Waals surface area contributed by atoms with Gasteiger partial charge in [-0.2, -0.15) is 0 Å². The number of carbonyl (C=O) groups is 3. The molecule has 140 valence electrons. The van der Waals surface area contributed by atoms with E-state index in [1.807, 2.05) is 0 Å². The van der Waals surface area contributed by atoms with Crippen LogP contribution in [0.1, 0.15) is 12.5 Å². The highest BCUT2D eigenvalue weighted by Crippen LogP contribution is 2.31. The Morgan fingerprint density at radius 1 is 1.07 bits per heavy atom. The Morgan fingerprint density at radius 2 is 1.67 bits per heavy atom. The fraction of sp³-hybridized carbons (Fsp3) is 0.167. The molecule has 0 spiro atoms. The minimum absolute atomic E-state index is 0.221. The van der Waals surface area contributed by atoms with E-state index in [9.17, 15) is 14.4 Å². The number of imide groups is 1. The maximum Gasteiger partial charge on any atom is 0.325 e. The van der Waals surface area contributed by atoms with Gasteiger partial charge in [0.2, 0.25) is 5.91 Å². The number of nitrogens with zero attached hydrogens (tertiary/aromatic N) is 1. The lowest BCUT2D eigenvalue weighted by molar-refractivity contribution is -0.133. The SMILES string of the molecule is CC1(c2ccc(Cl)cc2)NC(=O)N(CC(=O)Nc2c(Cl)cccc2Cl)C1=O. The van der Waals surface area contributed by atoms with Crippen molar-refractivity contribution in [3.05, 3.63) is 63.1 Å². The van der Waals surface area contributed by atoms with Crippen LogP contribution >= 0.6 is 34.8 Å². The zero-order valence-corrected chi connectivity index (χ0v) is 16.3. The molecule has 1 aliphatic rings. The van der Waals surface area contributed by atoms with Crippen molar-refractivity contribution in [2.75, 3.05) is 11.9 Å². The van der Waals surface area contributed by atoms with Gasteiger partial charge in [0.25, 0.3) is 5.91 Å². The molecular weight excluding hydrogens is 413 g/mol. The quantitative estimate of drug-likeness (QED) is 0.724. The highest BCUT2D eigenvalue weighted by atomic mass is 35.5. The van der Waals surface area contributed by atoms with Gasteiger partial charge in [-0.3, -0.25) is 14.5 Å². The molecule has 1 saturated heterocycles. The third kappa shape index (κ3) is 3.74. The number of hydrogen-bond donors (Lipinski definition) is 2. The molecule has 0 saturated carbocycles. The summed E-state index contributed by atoms with van der Waals surface area (Å²) in [5, 5.41) is 6.15. The second-order valence-corrected chi connectivity index (χ2v) is 7.35. The summed E-state index contributed by atoms with van der Waals surface area (Å²) in [6.07, 6.45) is 0. The summed E-state index contributed by atoms with van der Waals surface area (Å²) in [7, 11) is 0. The average molecular weight is 427 g/mol. The Morgan fingerprint density at radius 3 is 2.26 bits per heavy atom. The number of carbonyl (C=O) groups excluding carboxylic acids is 3. The standard InChI is InChI=1S/C18H14Cl3N3O3/c1-18(10-5-7-11(19)8-6-10)16(26)24(17(27)23-18)9-14(25)22-15-12(20)3-2-4-13(15)21/h2-8H,9H2,1H3,(H,22,25)(H,23,27). The number of halogens is 3. The molecule has 6 nitrogen and oxygen atoms in total. The summed E-state index contributed by atoms with van der Waals surface area (Å²) in [6.45, 7) is 1.09. The first kappa shape index (κ1) is 19.5. The molecule has 1 aliphatic heterocycles. The lowest BCUT2D eigenvalue weighted by Crippen LogP contribution is -2.42. The summed E-state index contributed by atoms with van der Waals surface area (Å²) in [6, 6.07) is 10.6. The minimum Gasteiger partial charge on any atom is -0.322 e. The molecule has 1 fully saturated rings. The van der Waals surface area contributed by atoms with Crippen molar-refractivity contribution in [1.82, 2.24) is 10.2 Å². The normalized spacial score (nSPS) is 19.2. The van der Waals surface area contributed by atoms with E-state index in [4.69, 9.17) is 34.8 Å². The number of urea groups is 1. The number of nitrogens with one attached hydrogen (secondary N) is 2. The van der Waals surface area contributed by atoms with E-state index >= 15 is 0 Å². The molecule has 0 radical (unpaired) electrons. The number of rotatable bonds is 4. The number of hydrogen-bond acceptors (Lipinski definition) is 3. The van der Waals surface area contributed by atoms with Crippen LogP contribution in [-0.4, -0.2) is 29.3 Å². The maximum absolute atomic E-state index is 12.8. The molecule has 4 amide bonds.